The molecule has 142 valence electrons. The number of hydrogen-bond donors (Lipinski definition) is 2. The molecule has 0 aliphatic carbocycles. The van der Waals surface area contributed by atoms with Gasteiger partial charge >= 0.3 is 0 Å². The van der Waals surface area contributed by atoms with Gasteiger partial charge < -0.3 is 15.2 Å². The molecule has 2 aromatic heterocycles. The van der Waals surface area contributed by atoms with Crippen molar-refractivity contribution in [3.63, 3.8) is 0 Å². The minimum absolute atomic E-state index is 0.163. The molecule has 0 radical (unpaired) electrons. The Bertz CT molecular complexity index is 966. The van der Waals surface area contributed by atoms with Gasteiger partial charge in [0.1, 0.15) is 5.54 Å². The number of benzene rings is 1. The number of ether oxygens (including phenoxy) is 2. The van der Waals surface area contributed by atoms with E-state index in [4.69, 9.17) is 15.2 Å². The molecule has 1 aliphatic rings. The first-order valence-electron chi connectivity index (χ1n) is 8.90. The molecule has 0 fully saturated rings. The predicted molar refractivity (Wildman–Crippen MR) is 102 cm³/mol. The molecule has 0 saturated heterocycles. The number of hydrogen-bond acceptors (Lipinski definition) is 6. The monoisotopic (exact) mass is 376 g/mol. The Kier molecular flexibility index (Phi) is 4.90. The summed E-state index contributed by atoms with van der Waals surface area (Å²) >= 11 is 0. The van der Waals surface area contributed by atoms with Crippen molar-refractivity contribution in [2.45, 2.75) is 18.5 Å². The summed E-state index contributed by atoms with van der Waals surface area (Å²) in [6, 6.07) is 13.0. The molecular formula is C21H20N4O3. The van der Waals surface area contributed by atoms with E-state index < -0.39 is 11.4 Å². The van der Waals surface area contributed by atoms with E-state index in [0.29, 0.717) is 30.0 Å². The minimum atomic E-state index is -1.14. The first-order chi connectivity index (χ1) is 13.7. The maximum Gasteiger partial charge on any atom is 0.242 e. The zero-order valence-corrected chi connectivity index (χ0v) is 15.2. The highest BCUT2D eigenvalue weighted by Crippen LogP contribution is 2.37. The van der Waals surface area contributed by atoms with Crippen molar-refractivity contribution in [2.24, 2.45) is 5.73 Å². The lowest BCUT2D eigenvalue weighted by Crippen LogP contribution is -2.54. The topological polar surface area (TPSA) is 99.4 Å². The highest BCUT2D eigenvalue weighted by atomic mass is 16.7. The van der Waals surface area contributed by atoms with Crippen molar-refractivity contribution < 1.29 is 14.3 Å². The second-order valence-corrected chi connectivity index (χ2v) is 6.58. The molecule has 3 N–H and O–H groups in total. The SMILES string of the molecule is NC(=O)C(Cc1ccncc1)(NCc1cccnc1)c1ccc2c(c1)OCO2. The lowest BCUT2D eigenvalue weighted by atomic mass is 9.82. The third-order valence-corrected chi connectivity index (χ3v) is 4.82. The average Bonchev–Trinajstić information content (AvgIpc) is 3.20. The van der Waals surface area contributed by atoms with Crippen LogP contribution in [0.15, 0.2) is 67.3 Å². The van der Waals surface area contributed by atoms with Crippen molar-refractivity contribution in [2.75, 3.05) is 6.79 Å². The highest BCUT2D eigenvalue weighted by molar-refractivity contribution is 5.87. The molecular weight excluding hydrogens is 356 g/mol. The van der Waals surface area contributed by atoms with Crippen LogP contribution in [0.4, 0.5) is 0 Å². The van der Waals surface area contributed by atoms with E-state index in [0.717, 1.165) is 11.1 Å². The summed E-state index contributed by atoms with van der Waals surface area (Å²) in [7, 11) is 0. The lowest BCUT2D eigenvalue weighted by molar-refractivity contribution is -0.125. The summed E-state index contributed by atoms with van der Waals surface area (Å²) in [4.78, 5) is 21.0. The van der Waals surface area contributed by atoms with E-state index >= 15 is 0 Å². The fourth-order valence-corrected chi connectivity index (χ4v) is 3.31. The van der Waals surface area contributed by atoms with Gasteiger partial charge in [-0.1, -0.05) is 12.1 Å². The fraction of sp³-hybridized carbons (Fsp3) is 0.190. The summed E-state index contributed by atoms with van der Waals surface area (Å²) in [5.74, 6) is 0.770. The van der Waals surface area contributed by atoms with Crippen molar-refractivity contribution in [1.82, 2.24) is 15.3 Å². The highest BCUT2D eigenvalue weighted by Gasteiger charge is 2.39. The van der Waals surface area contributed by atoms with Gasteiger partial charge in [0.2, 0.25) is 12.7 Å². The number of carbonyl (C=O) groups is 1. The summed E-state index contributed by atoms with van der Waals surface area (Å²) in [6.07, 6.45) is 7.22. The van der Waals surface area contributed by atoms with Crippen LogP contribution in [0, 0.1) is 0 Å². The standard InChI is InChI=1S/C21H20N4O3/c22-20(26)21(11-15-5-8-23-9-6-15,25-13-16-2-1-7-24-12-16)17-3-4-18-19(10-17)28-14-27-18/h1-10,12,25H,11,13-14H2,(H2,22,26). The van der Waals surface area contributed by atoms with Gasteiger partial charge in [0.15, 0.2) is 11.5 Å². The molecule has 1 aromatic carbocycles. The number of fused-ring (bicyclic) bond motifs is 1. The summed E-state index contributed by atoms with van der Waals surface area (Å²) in [6.45, 7) is 0.589. The van der Waals surface area contributed by atoms with Crippen LogP contribution in [0.25, 0.3) is 0 Å². The number of nitrogens with zero attached hydrogens (tertiary/aromatic N) is 2. The van der Waals surface area contributed by atoms with Gasteiger partial charge in [-0.2, -0.15) is 0 Å². The van der Waals surface area contributed by atoms with E-state index in [1.807, 2.05) is 36.4 Å². The second-order valence-electron chi connectivity index (χ2n) is 6.58. The zero-order valence-electron chi connectivity index (χ0n) is 15.2. The number of amides is 1. The molecule has 0 bridgehead atoms. The molecule has 0 saturated carbocycles. The van der Waals surface area contributed by atoms with Gasteiger partial charge in [-0.3, -0.25) is 20.1 Å². The molecule has 28 heavy (non-hydrogen) atoms. The Morgan fingerprint density at radius 3 is 2.61 bits per heavy atom. The van der Waals surface area contributed by atoms with Gasteiger partial charge in [0.05, 0.1) is 0 Å². The maximum absolute atomic E-state index is 12.8. The summed E-state index contributed by atoms with van der Waals surface area (Å²) in [5, 5.41) is 3.37. The average molecular weight is 376 g/mol. The number of rotatable bonds is 7. The largest absolute Gasteiger partial charge is 0.454 e. The number of pyridine rings is 2. The quantitative estimate of drug-likeness (QED) is 0.654. The first-order valence-corrected chi connectivity index (χ1v) is 8.90. The molecule has 7 nitrogen and oxygen atoms in total. The van der Waals surface area contributed by atoms with E-state index in [2.05, 4.69) is 15.3 Å². The molecule has 1 aliphatic heterocycles. The molecule has 7 heteroatoms. The van der Waals surface area contributed by atoms with Crippen LogP contribution in [-0.4, -0.2) is 22.7 Å². The van der Waals surface area contributed by atoms with Crippen LogP contribution >= 0.6 is 0 Å². The number of aromatic nitrogens is 2. The van der Waals surface area contributed by atoms with E-state index in [-0.39, 0.29) is 6.79 Å². The normalized spacial score (nSPS) is 14.4. The van der Waals surface area contributed by atoms with E-state index in [1.54, 1.807) is 30.9 Å². The number of nitrogens with two attached hydrogens (primary N) is 1. The smallest absolute Gasteiger partial charge is 0.242 e. The van der Waals surface area contributed by atoms with Crippen LogP contribution in [-0.2, 0) is 23.3 Å². The van der Waals surface area contributed by atoms with Gasteiger partial charge in [-0.15, -0.1) is 0 Å². The number of nitrogens with one attached hydrogen (secondary N) is 1. The van der Waals surface area contributed by atoms with Gasteiger partial charge in [-0.05, 0) is 47.0 Å². The third-order valence-electron chi connectivity index (χ3n) is 4.82. The van der Waals surface area contributed by atoms with Crippen molar-refractivity contribution in [1.29, 1.82) is 0 Å². The second kappa shape index (κ2) is 7.66. The Balaban J connectivity index is 1.74. The maximum atomic E-state index is 12.8. The van der Waals surface area contributed by atoms with Crippen LogP contribution in [0.1, 0.15) is 16.7 Å². The van der Waals surface area contributed by atoms with Crippen molar-refractivity contribution in [3.05, 3.63) is 83.9 Å². The van der Waals surface area contributed by atoms with E-state index in [9.17, 15) is 4.79 Å². The Morgan fingerprint density at radius 1 is 1.04 bits per heavy atom. The lowest BCUT2D eigenvalue weighted by Gasteiger charge is -2.33. The van der Waals surface area contributed by atoms with Gasteiger partial charge in [0, 0.05) is 37.8 Å². The molecule has 3 heterocycles. The van der Waals surface area contributed by atoms with Crippen LogP contribution < -0.4 is 20.5 Å². The molecule has 1 atom stereocenters. The Labute approximate surface area is 162 Å². The first kappa shape index (κ1) is 17.9. The van der Waals surface area contributed by atoms with Crippen molar-refractivity contribution >= 4 is 5.91 Å². The summed E-state index contributed by atoms with van der Waals surface area (Å²) < 4.78 is 10.9. The molecule has 4 rings (SSSR count). The summed E-state index contributed by atoms with van der Waals surface area (Å²) in [5.41, 5.74) is 7.41. The molecule has 0 spiro atoms. The van der Waals surface area contributed by atoms with Crippen LogP contribution in [0.3, 0.4) is 0 Å². The zero-order chi connectivity index (χ0) is 19.4. The predicted octanol–water partition coefficient (Wildman–Crippen LogP) is 1.92. The van der Waals surface area contributed by atoms with Crippen LogP contribution in [0.2, 0.25) is 0 Å². The number of carbonyl (C=O) groups excluding carboxylic acids is 1. The Hall–Kier alpha value is -3.45. The fourth-order valence-electron chi connectivity index (χ4n) is 3.31. The molecule has 1 amide bonds. The van der Waals surface area contributed by atoms with Crippen LogP contribution in [0.5, 0.6) is 11.5 Å². The molecule has 1 unspecified atom stereocenters. The van der Waals surface area contributed by atoms with Gasteiger partial charge in [0.25, 0.3) is 0 Å². The van der Waals surface area contributed by atoms with Gasteiger partial charge in [-0.25, -0.2) is 0 Å². The molecule has 3 aromatic rings. The Morgan fingerprint density at radius 2 is 1.86 bits per heavy atom. The third kappa shape index (κ3) is 3.52. The number of primary amides is 1. The van der Waals surface area contributed by atoms with E-state index in [1.165, 1.54) is 0 Å². The van der Waals surface area contributed by atoms with Crippen molar-refractivity contribution in [3.8, 4) is 11.5 Å². The minimum Gasteiger partial charge on any atom is -0.454 e.